The van der Waals surface area contributed by atoms with Crippen molar-refractivity contribution in [2.24, 2.45) is 0 Å². The normalized spacial score (nSPS) is 20.3. The van der Waals surface area contributed by atoms with E-state index in [4.69, 9.17) is 16.3 Å². The van der Waals surface area contributed by atoms with Crippen LogP contribution < -0.4 is 0 Å². The first-order valence-electron chi connectivity index (χ1n) is 8.36. The Balaban J connectivity index is 1.44. The topological polar surface area (TPSA) is 36.0 Å². The summed E-state index contributed by atoms with van der Waals surface area (Å²) in [5.41, 5.74) is 0.941. The molecule has 0 aromatic heterocycles. The minimum absolute atomic E-state index is 0.188. The number of piperazine rings is 1. The Kier molecular flexibility index (Phi) is 6.05. The fourth-order valence-corrected chi connectivity index (χ4v) is 3.33. The van der Waals surface area contributed by atoms with Crippen LogP contribution >= 0.6 is 11.6 Å². The summed E-state index contributed by atoms with van der Waals surface area (Å²) in [6.45, 7) is 7.33. The van der Waals surface area contributed by atoms with Gasteiger partial charge in [0.25, 0.3) is 0 Å². The van der Waals surface area contributed by atoms with Crippen molar-refractivity contribution in [1.82, 2.24) is 14.7 Å². The summed E-state index contributed by atoms with van der Waals surface area (Å²) in [6, 6.07) is 4.54. The van der Waals surface area contributed by atoms with Gasteiger partial charge in [-0.2, -0.15) is 0 Å². The van der Waals surface area contributed by atoms with Crippen LogP contribution in [0.25, 0.3) is 0 Å². The van der Waals surface area contributed by atoms with Gasteiger partial charge in [-0.05, 0) is 17.7 Å². The number of carbonyl (C=O) groups is 1. The van der Waals surface area contributed by atoms with Crippen molar-refractivity contribution in [3.8, 4) is 0 Å². The van der Waals surface area contributed by atoms with E-state index in [-0.39, 0.29) is 11.7 Å². The first kappa shape index (κ1) is 17.6. The number of ether oxygens (including phenoxy) is 1. The first-order chi connectivity index (χ1) is 11.6. The molecule has 2 heterocycles. The molecule has 1 aromatic carbocycles. The van der Waals surface area contributed by atoms with Gasteiger partial charge >= 0.3 is 0 Å². The maximum atomic E-state index is 13.1. The molecule has 0 spiro atoms. The second kappa shape index (κ2) is 8.25. The van der Waals surface area contributed by atoms with E-state index in [1.54, 1.807) is 6.07 Å². The molecule has 5 nitrogen and oxygen atoms in total. The van der Waals surface area contributed by atoms with Crippen LogP contribution in [0.2, 0.25) is 5.02 Å². The Morgan fingerprint density at radius 3 is 2.42 bits per heavy atom. The number of halogens is 2. The Bertz CT molecular complexity index is 573. The van der Waals surface area contributed by atoms with E-state index in [0.29, 0.717) is 44.4 Å². The molecule has 0 N–H and O–H groups in total. The van der Waals surface area contributed by atoms with Crippen molar-refractivity contribution in [2.75, 3.05) is 59.0 Å². The van der Waals surface area contributed by atoms with E-state index in [9.17, 15) is 9.18 Å². The third-order valence-electron chi connectivity index (χ3n) is 4.60. The Morgan fingerprint density at radius 1 is 1.08 bits per heavy atom. The highest BCUT2D eigenvalue weighted by molar-refractivity contribution is 6.31. The second-order valence-corrected chi connectivity index (χ2v) is 6.69. The van der Waals surface area contributed by atoms with E-state index in [2.05, 4.69) is 9.80 Å². The Hall–Kier alpha value is -1.21. The molecule has 0 aliphatic carbocycles. The van der Waals surface area contributed by atoms with Crippen molar-refractivity contribution in [3.05, 3.63) is 34.6 Å². The van der Waals surface area contributed by atoms with E-state index in [0.717, 1.165) is 31.7 Å². The molecular weight excluding hydrogens is 333 g/mol. The zero-order valence-electron chi connectivity index (χ0n) is 13.7. The summed E-state index contributed by atoms with van der Waals surface area (Å²) < 4.78 is 18.4. The predicted octanol–water partition coefficient (Wildman–Crippen LogP) is 1.46. The van der Waals surface area contributed by atoms with Crippen molar-refractivity contribution >= 4 is 17.5 Å². The van der Waals surface area contributed by atoms with Crippen LogP contribution in [0.4, 0.5) is 4.39 Å². The number of carbonyl (C=O) groups excluding carboxylic acids is 1. The molecule has 3 rings (SSSR count). The quantitative estimate of drug-likeness (QED) is 0.819. The molecule has 7 heteroatoms. The van der Waals surface area contributed by atoms with Gasteiger partial charge in [0.05, 0.1) is 19.8 Å². The molecule has 0 unspecified atom stereocenters. The van der Waals surface area contributed by atoms with Gasteiger partial charge < -0.3 is 9.64 Å². The molecule has 0 saturated carbocycles. The van der Waals surface area contributed by atoms with Gasteiger partial charge in [0, 0.05) is 50.8 Å². The molecular formula is C17H23ClFN3O2. The first-order valence-corrected chi connectivity index (χ1v) is 8.74. The lowest BCUT2D eigenvalue weighted by Gasteiger charge is -2.36. The van der Waals surface area contributed by atoms with Crippen LogP contribution in [0.5, 0.6) is 0 Å². The standard InChI is InChI=1S/C17H23ClFN3O2/c18-16-11-15(19)2-1-14(16)12-20-3-5-21(6-4-20)13-17(23)22-7-9-24-10-8-22/h1-2,11H,3-10,12-13H2. The molecule has 1 amide bonds. The Labute approximate surface area is 146 Å². The molecule has 0 radical (unpaired) electrons. The SMILES string of the molecule is O=C(CN1CCN(Cc2ccc(F)cc2Cl)CC1)N1CCOCC1. The molecule has 0 atom stereocenters. The average molecular weight is 356 g/mol. The molecule has 0 bridgehead atoms. The fraction of sp³-hybridized carbons (Fsp3) is 0.588. The van der Waals surface area contributed by atoms with Crippen LogP contribution in [0.15, 0.2) is 18.2 Å². The summed E-state index contributed by atoms with van der Waals surface area (Å²) in [4.78, 5) is 18.6. The lowest BCUT2D eigenvalue weighted by atomic mass is 10.2. The average Bonchev–Trinajstić information content (AvgIpc) is 2.60. The van der Waals surface area contributed by atoms with Crippen molar-refractivity contribution in [2.45, 2.75) is 6.54 Å². The van der Waals surface area contributed by atoms with E-state index >= 15 is 0 Å². The van der Waals surface area contributed by atoms with Gasteiger partial charge in [0.15, 0.2) is 0 Å². The summed E-state index contributed by atoms with van der Waals surface area (Å²) in [6.07, 6.45) is 0. The minimum atomic E-state index is -0.310. The largest absolute Gasteiger partial charge is 0.378 e. The van der Waals surface area contributed by atoms with Gasteiger partial charge in [-0.1, -0.05) is 17.7 Å². The lowest BCUT2D eigenvalue weighted by molar-refractivity contribution is -0.136. The van der Waals surface area contributed by atoms with E-state index in [1.165, 1.54) is 12.1 Å². The van der Waals surface area contributed by atoms with Crippen LogP contribution in [0.3, 0.4) is 0 Å². The molecule has 1 aromatic rings. The van der Waals surface area contributed by atoms with Crippen LogP contribution in [-0.4, -0.2) is 79.6 Å². The van der Waals surface area contributed by atoms with Gasteiger partial charge in [0.1, 0.15) is 5.82 Å². The van der Waals surface area contributed by atoms with E-state index in [1.807, 2.05) is 4.90 Å². The van der Waals surface area contributed by atoms with Crippen molar-refractivity contribution < 1.29 is 13.9 Å². The highest BCUT2D eigenvalue weighted by Gasteiger charge is 2.23. The maximum Gasteiger partial charge on any atom is 0.236 e. The van der Waals surface area contributed by atoms with Crippen LogP contribution in [0.1, 0.15) is 5.56 Å². The number of amides is 1. The monoisotopic (exact) mass is 355 g/mol. The summed E-state index contributed by atoms with van der Waals surface area (Å²) in [7, 11) is 0. The minimum Gasteiger partial charge on any atom is -0.378 e. The second-order valence-electron chi connectivity index (χ2n) is 6.28. The molecule has 2 aliphatic rings. The predicted molar refractivity (Wildman–Crippen MR) is 90.5 cm³/mol. The summed E-state index contributed by atoms with van der Waals surface area (Å²) >= 11 is 6.09. The number of rotatable bonds is 4. The number of nitrogens with zero attached hydrogens (tertiary/aromatic N) is 3. The fourth-order valence-electron chi connectivity index (χ4n) is 3.10. The zero-order valence-corrected chi connectivity index (χ0v) is 14.5. The zero-order chi connectivity index (χ0) is 16.9. The smallest absolute Gasteiger partial charge is 0.236 e. The van der Waals surface area contributed by atoms with Gasteiger partial charge in [-0.15, -0.1) is 0 Å². The molecule has 132 valence electrons. The van der Waals surface area contributed by atoms with Crippen LogP contribution in [-0.2, 0) is 16.1 Å². The number of benzene rings is 1. The van der Waals surface area contributed by atoms with Gasteiger partial charge in [0.2, 0.25) is 5.91 Å². The van der Waals surface area contributed by atoms with E-state index < -0.39 is 0 Å². The molecule has 24 heavy (non-hydrogen) atoms. The van der Waals surface area contributed by atoms with Gasteiger partial charge in [-0.3, -0.25) is 14.6 Å². The summed E-state index contributed by atoms with van der Waals surface area (Å²) in [5, 5.41) is 0.472. The molecule has 2 aliphatic heterocycles. The highest BCUT2D eigenvalue weighted by Crippen LogP contribution is 2.19. The van der Waals surface area contributed by atoms with Crippen LogP contribution in [0, 0.1) is 5.82 Å². The molecule has 2 fully saturated rings. The third kappa shape index (κ3) is 4.66. The number of morpholine rings is 1. The third-order valence-corrected chi connectivity index (χ3v) is 4.95. The van der Waals surface area contributed by atoms with Crippen molar-refractivity contribution in [1.29, 1.82) is 0 Å². The lowest BCUT2D eigenvalue weighted by Crippen LogP contribution is -2.51. The maximum absolute atomic E-state index is 13.1. The highest BCUT2D eigenvalue weighted by atomic mass is 35.5. The number of hydrogen-bond acceptors (Lipinski definition) is 4. The Morgan fingerprint density at radius 2 is 1.75 bits per heavy atom. The molecule has 2 saturated heterocycles. The summed E-state index contributed by atoms with van der Waals surface area (Å²) in [5.74, 6) is -0.122. The number of hydrogen-bond donors (Lipinski definition) is 0. The van der Waals surface area contributed by atoms with Crippen molar-refractivity contribution in [3.63, 3.8) is 0 Å². The van der Waals surface area contributed by atoms with Gasteiger partial charge in [-0.25, -0.2) is 4.39 Å².